The van der Waals surface area contributed by atoms with E-state index in [-0.39, 0.29) is 0 Å². The average Bonchev–Trinajstić information content (AvgIpc) is 2.95. The normalized spacial score (nSPS) is 30.7. The van der Waals surface area contributed by atoms with Crippen molar-refractivity contribution in [2.45, 2.75) is 77.9 Å². The van der Waals surface area contributed by atoms with Crippen LogP contribution in [0.1, 0.15) is 65.7 Å². The summed E-state index contributed by atoms with van der Waals surface area (Å²) in [6, 6.07) is 0.738. The second-order valence-electron chi connectivity index (χ2n) is 7.93. The standard InChI is InChI=1S/C18H35NO2/c1-18(2,3)15-7-9-16(10-8-15)19-11-5-12-20-14-17-6-4-13-21-17/h15-17,19H,4-14H2,1-3H3. The largest absolute Gasteiger partial charge is 0.379 e. The van der Waals surface area contributed by atoms with Gasteiger partial charge in [0.1, 0.15) is 0 Å². The van der Waals surface area contributed by atoms with Crippen LogP contribution < -0.4 is 5.32 Å². The Bertz CT molecular complexity index is 273. The maximum absolute atomic E-state index is 5.70. The predicted molar refractivity (Wildman–Crippen MR) is 87.6 cm³/mol. The zero-order chi connectivity index (χ0) is 15.1. The molecule has 3 heteroatoms. The summed E-state index contributed by atoms with van der Waals surface area (Å²) in [6.45, 7) is 10.8. The maximum atomic E-state index is 5.70. The average molecular weight is 297 g/mol. The number of hydrogen-bond donors (Lipinski definition) is 1. The quantitative estimate of drug-likeness (QED) is 0.726. The molecule has 0 aromatic rings. The van der Waals surface area contributed by atoms with Crippen molar-refractivity contribution >= 4 is 0 Å². The second kappa shape index (κ2) is 8.50. The first-order chi connectivity index (χ1) is 10.1. The molecule has 1 unspecified atom stereocenters. The van der Waals surface area contributed by atoms with Gasteiger partial charge in [0.2, 0.25) is 0 Å². The molecule has 1 saturated heterocycles. The van der Waals surface area contributed by atoms with Crippen LogP contribution in [0.2, 0.25) is 0 Å². The minimum atomic E-state index is 0.366. The van der Waals surface area contributed by atoms with Crippen molar-refractivity contribution in [3.63, 3.8) is 0 Å². The molecule has 2 fully saturated rings. The summed E-state index contributed by atoms with van der Waals surface area (Å²) < 4.78 is 11.3. The molecule has 2 rings (SSSR count). The summed E-state index contributed by atoms with van der Waals surface area (Å²) in [5.74, 6) is 0.908. The molecule has 124 valence electrons. The zero-order valence-corrected chi connectivity index (χ0v) is 14.3. The van der Waals surface area contributed by atoms with Crippen LogP contribution in [0, 0.1) is 11.3 Å². The van der Waals surface area contributed by atoms with Gasteiger partial charge in [0.05, 0.1) is 12.7 Å². The molecule has 1 atom stereocenters. The van der Waals surface area contributed by atoms with E-state index in [1.54, 1.807) is 0 Å². The van der Waals surface area contributed by atoms with E-state index in [2.05, 4.69) is 26.1 Å². The predicted octanol–water partition coefficient (Wildman–Crippen LogP) is 3.77. The minimum Gasteiger partial charge on any atom is -0.379 e. The molecular formula is C18H35NO2. The Morgan fingerprint density at radius 2 is 1.86 bits per heavy atom. The van der Waals surface area contributed by atoms with Crippen molar-refractivity contribution in [1.82, 2.24) is 5.32 Å². The molecule has 1 heterocycles. The molecule has 2 aliphatic rings. The van der Waals surface area contributed by atoms with Crippen LogP contribution in [0.5, 0.6) is 0 Å². The smallest absolute Gasteiger partial charge is 0.0809 e. The summed E-state index contributed by atoms with van der Waals surface area (Å²) in [5, 5.41) is 3.71. The van der Waals surface area contributed by atoms with Crippen molar-refractivity contribution in [3.8, 4) is 0 Å². The van der Waals surface area contributed by atoms with Gasteiger partial charge in [-0.2, -0.15) is 0 Å². The van der Waals surface area contributed by atoms with Crippen LogP contribution in [-0.2, 0) is 9.47 Å². The Balaban J connectivity index is 1.44. The highest BCUT2D eigenvalue weighted by atomic mass is 16.5. The number of hydrogen-bond acceptors (Lipinski definition) is 3. The van der Waals surface area contributed by atoms with E-state index in [0.29, 0.717) is 11.5 Å². The lowest BCUT2D eigenvalue weighted by atomic mass is 9.71. The highest BCUT2D eigenvalue weighted by molar-refractivity contribution is 4.83. The molecule has 0 amide bonds. The third-order valence-corrected chi connectivity index (χ3v) is 5.18. The van der Waals surface area contributed by atoms with Crippen LogP contribution in [0.4, 0.5) is 0 Å². The van der Waals surface area contributed by atoms with Crippen LogP contribution in [-0.4, -0.2) is 38.5 Å². The SMILES string of the molecule is CC(C)(C)C1CCC(NCCCOCC2CCCO2)CC1. The minimum absolute atomic E-state index is 0.366. The van der Waals surface area contributed by atoms with Crippen LogP contribution >= 0.6 is 0 Å². The summed E-state index contributed by atoms with van der Waals surface area (Å²) in [7, 11) is 0. The maximum Gasteiger partial charge on any atom is 0.0809 e. The van der Waals surface area contributed by atoms with Crippen molar-refractivity contribution in [1.29, 1.82) is 0 Å². The molecule has 1 saturated carbocycles. The Hall–Kier alpha value is -0.120. The molecule has 1 aliphatic carbocycles. The van der Waals surface area contributed by atoms with Gasteiger partial charge in [0.25, 0.3) is 0 Å². The van der Waals surface area contributed by atoms with Gasteiger partial charge in [-0.3, -0.25) is 0 Å². The van der Waals surface area contributed by atoms with Crippen molar-refractivity contribution in [2.75, 3.05) is 26.4 Å². The topological polar surface area (TPSA) is 30.5 Å². The molecule has 1 aliphatic heterocycles. The Kier molecular flexibility index (Phi) is 6.97. The highest BCUT2D eigenvalue weighted by Gasteiger charge is 2.29. The van der Waals surface area contributed by atoms with Crippen molar-refractivity contribution in [3.05, 3.63) is 0 Å². The summed E-state index contributed by atoms with van der Waals surface area (Å²) in [4.78, 5) is 0. The summed E-state index contributed by atoms with van der Waals surface area (Å²) in [5.41, 5.74) is 0.487. The lowest BCUT2D eigenvalue weighted by Gasteiger charge is -2.37. The molecule has 1 N–H and O–H groups in total. The number of ether oxygens (including phenoxy) is 2. The lowest BCUT2D eigenvalue weighted by Crippen LogP contribution is -2.36. The Labute approximate surface area is 131 Å². The molecule has 21 heavy (non-hydrogen) atoms. The molecule has 0 bridgehead atoms. The summed E-state index contributed by atoms with van der Waals surface area (Å²) in [6.07, 6.45) is 9.32. The van der Waals surface area contributed by atoms with Gasteiger partial charge in [0.15, 0.2) is 0 Å². The van der Waals surface area contributed by atoms with Crippen LogP contribution in [0.15, 0.2) is 0 Å². The van der Waals surface area contributed by atoms with Crippen LogP contribution in [0.25, 0.3) is 0 Å². The molecular weight excluding hydrogens is 262 g/mol. The number of nitrogens with one attached hydrogen (secondary N) is 1. The van der Waals surface area contributed by atoms with Crippen molar-refractivity contribution < 1.29 is 9.47 Å². The zero-order valence-electron chi connectivity index (χ0n) is 14.3. The first kappa shape index (κ1) is 17.2. The fraction of sp³-hybridized carbons (Fsp3) is 1.00. The summed E-state index contributed by atoms with van der Waals surface area (Å²) >= 11 is 0. The fourth-order valence-corrected chi connectivity index (χ4v) is 3.63. The molecule has 0 aromatic carbocycles. The Morgan fingerprint density at radius 1 is 1.10 bits per heavy atom. The third-order valence-electron chi connectivity index (χ3n) is 5.18. The molecule has 0 spiro atoms. The monoisotopic (exact) mass is 297 g/mol. The van der Waals surface area contributed by atoms with Gasteiger partial charge in [0, 0.05) is 19.3 Å². The van der Waals surface area contributed by atoms with Crippen molar-refractivity contribution in [2.24, 2.45) is 11.3 Å². The molecule has 0 aromatic heterocycles. The van der Waals surface area contributed by atoms with Gasteiger partial charge in [-0.15, -0.1) is 0 Å². The van der Waals surface area contributed by atoms with Gasteiger partial charge >= 0.3 is 0 Å². The second-order valence-corrected chi connectivity index (χ2v) is 7.93. The molecule has 0 radical (unpaired) electrons. The van der Waals surface area contributed by atoms with Gasteiger partial charge < -0.3 is 14.8 Å². The highest BCUT2D eigenvalue weighted by Crippen LogP contribution is 2.37. The van der Waals surface area contributed by atoms with E-state index in [1.807, 2.05) is 0 Å². The van der Waals surface area contributed by atoms with E-state index < -0.39 is 0 Å². The third kappa shape index (κ3) is 6.25. The van der Waals surface area contributed by atoms with Gasteiger partial charge in [-0.25, -0.2) is 0 Å². The van der Waals surface area contributed by atoms with E-state index in [4.69, 9.17) is 9.47 Å². The first-order valence-electron chi connectivity index (χ1n) is 8.98. The van der Waals surface area contributed by atoms with E-state index in [1.165, 1.54) is 38.5 Å². The van der Waals surface area contributed by atoms with E-state index >= 15 is 0 Å². The van der Waals surface area contributed by atoms with Crippen LogP contribution in [0.3, 0.4) is 0 Å². The lowest BCUT2D eigenvalue weighted by molar-refractivity contribution is 0.0164. The molecule has 3 nitrogen and oxygen atoms in total. The number of rotatable bonds is 7. The van der Waals surface area contributed by atoms with Gasteiger partial charge in [-0.1, -0.05) is 20.8 Å². The Morgan fingerprint density at radius 3 is 2.48 bits per heavy atom. The first-order valence-corrected chi connectivity index (χ1v) is 8.98. The van der Waals surface area contributed by atoms with Gasteiger partial charge in [-0.05, 0) is 62.8 Å². The van der Waals surface area contributed by atoms with E-state index in [0.717, 1.165) is 44.7 Å². The fourth-order valence-electron chi connectivity index (χ4n) is 3.63. The van der Waals surface area contributed by atoms with E-state index in [9.17, 15) is 0 Å².